The zero-order valence-corrected chi connectivity index (χ0v) is 7.91. The summed E-state index contributed by atoms with van der Waals surface area (Å²) in [6.07, 6.45) is 4.73. The molecule has 0 N–H and O–H groups in total. The molecule has 0 aromatic carbocycles. The molecule has 0 radical (unpaired) electrons. The van der Waals surface area contributed by atoms with Crippen molar-refractivity contribution in [2.24, 2.45) is 0 Å². The summed E-state index contributed by atoms with van der Waals surface area (Å²) < 4.78 is 4.56. The van der Waals surface area contributed by atoms with Crippen molar-refractivity contribution in [2.45, 2.75) is 19.8 Å². The van der Waals surface area contributed by atoms with Gasteiger partial charge in [-0.3, -0.25) is 9.78 Å². The average Bonchev–Trinajstić information content (AvgIpc) is 2.18. The predicted octanol–water partition coefficient (Wildman–Crippen LogP) is 1.36. The van der Waals surface area contributed by atoms with Crippen LogP contribution in [0, 0.1) is 0 Å². The van der Waals surface area contributed by atoms with Crippen LogP contribution >= 0.6 is 0 Å². The number of ether oxygens (including phenoxy) is 1. The molecule has 0 saturated carbocycles. The fourth-order valence-corrected chi connectivity index (χ4v) is 1.07. The van der Waals surface area contributed by atoms with Crippen LogP contribution in [0.15, 0.2) is 18.5 Å². The maximum Gasteiger partial charge on any atom is 0.310 e. The van der Waals surface area contributed by atoms with Gasteiger partial charge >= 0.3 is 5.97 Å². The van der Waals surface area contributed by atoms with Gasteiger partial charge in [-0.15, -0.1) is 0 Å². The van der Waals surface area contributed by atoms with Crippen LogP contribution in [0.25, 0.3) is 0 Å². The molecule has 0 atom stereocenters. The van der Waals surface area contributed by atoms with Gasteiger partial charge in [0.1, 0.15) is 0 Å². The zero-order valence-electron chi connectivity index (χ0n) is 7.91. The number of nitrogens with zero attached hydrogens (tertiary/aromatic N) is 1. The molecule has 13 heavy (non-hydrogen) atoms. The Bertz CT molecular complexity index is 297. The Balaban J connectivity index is 2.71. The minimum absolute atomic E-state index is 0.227. The van der Waals surface area contributed by atoms with E-state index in [2.05, 4.69) is 16.6 Å². The third kappa shape index (κ3) is 2.86. The third-order valence-electron chi connectivity index (χ3n) is 1.84. The average molecular weight is 179 g/mol. The number of carbonyl (C=O) groups is 1. The molecule has 0 fully saturated rings. The van der Waals surface area contributed by atoms with Gasteiger partial charge in [0.25, 0.3) is 0 Å². The Kier molecular flexibility index (Phi) is 3.43. The largest absolute Gasteiger partial charge is 0.469 e. The van der Waals surface area contributed by atoms with Crippen LogP contribution in [0.2, 0.25) is 0 Å². The summed E-state index contributed by atoms with van der Waals surface area (Å²) in [4.78, 5) is 15.0. The van der Waals surface area contributed by atoms with Crippen LogP contribution in [-0.4, -0.2) is 18.1 Å². The summed E-state index contributed by atoms with van der Waals surface area (Å²) in [6.45, 7) is 2.05. The van der Waals surface area contributed by atoms with Crippen molar-refractivity contribution in [1.82, 2.24) is 4.98 Å². The second-order valence-electron chi connectivity index (χ2n) is 2.81. The number of methoxy groups -OCH3 is 1. The number of rotatable bonds is 3. The van der Waals surface area contributed by atoms with Crippen molar-refractivity contribution in [1.29, 1.82) is 0 Å². The monoisotopic (exact) mass is 179 g/mol. The molecule has 1 aromatic rings. The Hall–Kier alpha value is -1.38. The van der Waals surface area contributed by atoms with Crippen molar-refractivity contribution < 1.29 is 9.53 Å². The maximum absolute atomic E-state index is 10.9. The lowest BCUT2D eigenvalue weighted by molar-refractivity contribution is -0.139. The van der Waals surface area contributed by atoms with Gasteiger partial charge in [0, 0.05) is 12.4 Å². The molecule has 0 bridgehead atoms. The molecular weight excluding hydrogens is 166 g/mol. The van der Waals surface area contributed by atoms with Crippen molar-refractivity contribution in [3.8, 4) is 0 Å². The van der Waals surface area contributed by atoms with E-state index in [1.165, 1.54) is 7.11 Å². The molecule has 70 valence electrons. The van der Waals surface area contributed by atoms with Gasteiger partial charge in [-0.2, -0.15) is 0 Å². The first-order valence-electron chi connectivity index (χ1n) is 4.26. The Morgan fingerprint density at radius 1 is 1.46 bits per heavy atom. The van der Waals surface area contributed by atoms with E-state index in [0.29, 0.717) is 6.42 Å². The highest BCUT2D eigenvalue weighted by Crippen LogP contribution is 2.04. The molecule has 0 spiro atoms. The smallest absolute Gasteiger partial charge is 0.310 e. The van der Waals surface area contributed by atoms with Crippen LogP contribution < -0.4 is 0 Å². The fraction of sp³-hybridized carbons (Fsp3) is 0.400. The molecule has 0 saturated heterocycles. The fourth-order valence-electron chi connectivity index (χ4n) is 1.07. The number of aromatic nitrogens is 1. The highest BCUT2D eigenvalue weighted by atomic mass is 16.5. The lowest BCUT2D eigenvalue weighted by Gasteiger charge is -2.01. The first kappa shape index (κ1) is 9.71. The number of esters is 1. The molecule has 0 amide bonds. The third-order valence-corrected chi connectivity index (χ3v) is 1.84. The molecule has 1 rings (SSSR count). The zero-order chi connectivity index (χ0) is 9.68. The normalized spacial score (nSPS) is 9.69. The van der Waals surface area contributed by atoms with Crippen molar-refractivity contribution in [3.05, 3.63) is 29.6 Å². The van der Waals surface area contributed by atoms with Crippen molar-refractivity contribution in [3.63, 3.8) is 0 Å². The Morgan fingerprint density at radius 3 is 2.77 bits per heavy atom. The van der Waals surface area contributed by atoms with E-state index in [1.54, 1.807) is 12.4 Å². The summed E-state index contributed by atoms with van der Waals surface area (Å²) in [5.41, 5.74) is 2.05. The van der Waals surface area contributed by atoms with Crippen molar-refractivity contribution in [2.75, 3.05) is 7.11 Å². The lowest BCUT2D eigenvalue weighted by atomic mass is 10.1. The quantitative estimate of drug-likeness (QED) is 0.658. The number of aryl methyl sites for hydroxylation is 1. The summed E-state index contributed by atoms with van der Waals surface area (Å²) in [7, 11) is 1.39. The SMILES string of the molecule is CCc1cncc(CC(=O)OC)c1. The summed E-state index contributed by atoms with van der Waals surface area (Å²) >= 11 is 0. The molecule has 0 aliphatic rings. The van der Waals surface area contributed by atoms with Gasteiger partial charge in [-0.25, -0.2) is 0 Å². The van der Waals surface area contributed by atoms with E-state index in [-0.39, 0.29) is 5.97 Å². The van der Waals surface area contributed by atoms with Gasteiger partial charge in [-0.05, 0) is 17.5 Å². The van der Waals surface area contributed by atoms with E-state index in [1.807, 2.05) is 6.07 Å². The highest BCUT2D eigenvalue weighted by molar-refractivity contribution is 5.72. The van der Waals surface area contributed by atoms with E-state index >= 15 is 0 Å². The minimum Gasteiger partial charge on any atom is -0.469 e. The van der Waals surface area contributed by atoms with Crippen LogP contribution in [0.4, 0.5) is 0 Å². The number of hydrogen-bond acceptors (Lipinski definition) is 3. The highest BCUT2D eigenvalue weighted by Gasteiger charge is 2.02. The first-order chi connectivity index (χ1) is 6.26. The van der Waals surface area contributed by atoms with E-state index in [0.717, 1.165) is 17.5 Å². The molecule has 3 heteroatoms. The summed E-state index contributed by atoms with van der Waals surface area (Å²) in [5.74, 6) is -0.227. The minimum atomic E-state index is -0.227. The van der Waals surface area contributed by atoms with Gasteiger partial charge in [0.15, 0.2) is 0 Å². The Labute approximate surface area is 77.8 Å². The second kappa shape index (κ2) is 4.60. The molecule has 0 aliphatic heterocycles. The molecule has 1 aromatic heterocycles. The number of hydrogen-bond donors (Lipinski definition) is 0. The van der Waals surface area contributed by atoms with Crippen molar-refractivity contribution >= 4 is 5.97 Å². The lowest BCUT2D eigenvalue weighted by Crippen LogP contribution is -2.05. The maximum atomic E-state index is 10.9. The van der Waals surface area contributed by atoms with E-state index in [9.17, 15) is 4.79 Å². The number of carbonyl (C=O) groups excluding carboxylic acids is 1. The van der Waals surface area contributed by atoms with Gasteiger partial charge in [-0.1, -0.05) is 13.0 Å². The summed E-state index contributed by atoms with van der Waals surface area (Å²) in [5, 5.41) is 0. The van der Waals surface area contributed by atoms with Crippen LogP contribution in [0.5, 0.6) is 0 Å². The van der Waals surface area contributed by atoms with E-state index in [4.69, 9.17) is 0 Å². The topological polar surface area (TPSA) is 39.2 Å². The predicted molar refractivity (Wildman–Crippen MR) is 49.3 cm³/mol. The second-order valence-corrected chi connectivity index (χ2v) is 2.81. The van der Waals surface area contributed by atoms with E-state index < -0.39 is 0 Å². The Morgan fingerprint density at radius 2 is 2.15 bits per heavy atom. The molecule has 1 heterocycles. The first-order valence-corrected chi connectivity index (χ1v) is 4.26. The van der Waals surface area contributed by atoms with Crippen LogP contribution in [0.1, 0.15) is 18.1 Å². The van der Waals surface area contributed by atoms with Gasteiger partial charge in [0.05, 0.1) is 13.5 Å². The molecule has 0 unspecified atom stereocenters. The molecular formula is C10H13NO2. The number of pyridine rings is 1. The van der Waals surface area contributed by atoms with Crippen LogP contribution in [-0.2, 0) is 22.4 Å². The van der Waals surface area contributed by atoms with Gasteiger partial charge in [0.2, 0.25) is 0 Å². The standard InChI is InChI=1S/C10H13NO2/c1-3-8-4-9(7-11-6-8)5-10(12)13-2/h4,6-7H,3,5H2,1-2H3. The molecule has 0 aliphatic carbocycles. The van der Waals surface area contributed by atoms with Gasteiger partial charge < -0.3 is 4.74 Å². The van der Waals surface area contributed by atoms with Crippen LogP contribution in [0.3, 0.4) is 0 Å². The molecule has 3 nitrogen and oxygen atoms in total. The summed E-state index contributed by atoms with van der Waals surface area (Å²) in [6, 6.07) is 1.98.